The molecular formula is C12H27NO. The Morgan fingerprint density at radius 2 is 1.71 bits per heavy atom. The fourth-order valence-corrected chi connectivity index (χ4v) is 1.58. The summed E-state index contributed by atoms with van der Waals surface area (Å²) < 4.78 is 5.69. The van der Waals surface area contributed by atoms with Crippen LogP contribution in [0.15, 0.2) is 0 Å². The van der Waals surface area contributed by atoms with Crippen molar-refractivity contribution in [3.8, 4) is 0 Å². The lowest BCUT2D eigenvalue weighted by Gasteiger charge is -2.15. The van der Waals surface area contributed by atoms with Gasteiger partial charge in [0, 0.05) is 12.6 Å². The number of nitrogens with two attached hydrogens (primary N) is 1. The third-order valence-corrected chi connectivity index (χ3v) is 2.26. The number of hydrogen-bond acceptors (Lipinski definition) is 2. The topological polar surface area (TPSA) is 35.2 Å². The highest BCUT2D eigenvalue weighted by atomic mass is 16.5. The second kappa shape index (κ2) is 8.25. The lowest BCUT2D eigenvalue weighted by molar-refractivity contribution is 0.0493. The van der Waals surface area contributed by atoms with Gasteiger partial charge in [0.2, 0.25) is 0 Å². The van der Waals surface area contributed by atoms with Crippen molar-refractivity contribution in [1.82, 2.24) is 0 Å². The van der Waals surface area contributed by atoms with Gasteiger partial charge in [-0.2, -0.15) is 0 Å². The Morgan fingerprint density at radius 3 is 2.21 bits per heavy atom. The minimum atomic E-state index is 0.336. The molecule has 0 aliphatic heterocycles. The molecule has 2 nitrogen and oxygen atoms in total. The van der Waals surface area contributed by atoms with Crippen LogP contribution in [0.2, 0.25) is 0 Å². The van der Waals surface area contributed by atoms with E-state index in [1.165, 1.54) is 6.42 Å². The summed E-state index contributed by atoms with van der Waals surface area (Å²) in [6.07, 6.45) is 5.01. The average molecular weight is 201 g/mol. The normalized spacial score (nSPS) is 15.9. The molecule has 0 saturated heterocycles. The van der Waals surface area contributed by atoms with E-state index in [4.69, 9.17) is 10.5 Å². The Bertz CT molecular complexity index is 123. The van der Waals surface area contributed by atoms with E-state index in [0.717, 1.165) is 31.8 Å². The van der Waals surface area contributed by atoms with Gasteiger partial charge in [0.25, 0.3) is 0 Å². The van der Waals surface area contributed by atoms with Crippen molar-refractivity contribution >= 4 is 0 Å². The first kappa shape index (κ1) is 13.9. The monoisotopic (exact) mass is 201 g/mol. The predicted octanol–water partition coefficient (Wildman–Crippen LogP) is 2.96. The maximum Gasteiger partial charge on any atom is 0.0549 e. The van der Waals surface area contributed by atoms with Gasteiger partial charge < -0.3 is 10.5 Å². The third-order valence-electron chi connectivity index (χ3n) is 2.26. The molecule has 86 valence electrons. The molecule has 2 atom stereocenters. The van der Waals surface area contributed by atoms with E-state index in [0.29, 0.717) is 12.1 Å². The summed E-state index contributed by atoms with van der Waals surface area (Å²) in [6, 6.07) is 0.336. The first-order chi connectivity index (χ1) is 6.52. The highest BCUT2D eigenvalue weighted by Crippen LogP contribution is 2.08. The summed E-state index contributed by atoms with van der Waals surface area (Å²) in [5.74, 6) is 0.731. The van der Waals surface area contributed by atoms with Crippen LogP contribution in [-0.4, -0.2) is 18.8 Å². The summed E-state index contributed by atoms with van der Waals surface area (Å²) in [6.45, 7) is 9.57. The molecule has 0 aromatic heterocycles. The van der Waals surface area contributed by atoms with Gasteiger partial charge in [-0.3, -0.25) is 0 Å². The molecule has 0 spiro atoms. The van der Waals surface area contributed by atoms with E-state index >= 15 is 0 Å². The Hall–Kier alpha value is -0.0800. The molecule has 0 rings (SSSR count). The van der Waals surface area contributed by atoms with Gasteiger partial charge in [0.05, 0.1) is 6.10 Å². The molecule has 0 aliphatic rings. The highest BCUT2D eigenvalue weighted by Gasteiger charge is 2.04. The lowest BCUT2D eigenvalue weighted by atomic mass is 10.1. The van der Waals surface area contributed by atoms with Gasteiger partial charge >= 0.3 is 0 Å². The van der Waals surface area contributed by atoms with Crippen LogP contribution in [0.1, 0.15) is 53.4 Å². The fraction of sp³-hybridized carbons (Fsp3) is 1.00. The van der Waals surface area contributed by atoms with Gasteiger partial charge in [-0.25, -0.2) is 0 Å². The van der Waals surface area contributed by atoms with Crippen LogP contribution >= 0.6 is 0 Å². The second-order valence-electron chi connectivity index (χ2n) is 4.78. The zero-order valence-corrected chi connectivity index (χ0v) is 10.3. The number of hydrogen-bond donors (Lipinski definition) is 1. The van der Waals surface area contributed by atoms with Crippen LogP contribution in [0.5, 0.6) is 0 Å². The maximum atomic E-state index is 5.69. The van der Waals surface area contributed by atoms with Crippen molar-refractivity contribution in [1.29, 1.82) is 0 Å². The van der Waals surface area contributed by atoms with E-state index < -0.39 is 0 Å². The van der Waals surface area contributed by atoms with Gasteiger partial charge in [0.15, 0.2) is 0 Å². The molecule has 0 fully saturated rings. The standard InChI is InChI=1S/C12H27NO/c1-10(2)9-12(4)14-8-6-5-7-11(3)13/h10-12H,5-9,13H2,1-4H3. The number of ether oxygens (including phenoxy) is 1. The number of rotatable bonds is 8. The van der Waals surface area contributed by atoms with Crippen LogP contribution < -0.4 is 5.73 Å². The predicted molar refractivity (Wildman–Crippen MR) is 62.4 cm³/mol. The van der Waals surface area contributed by atoms with Gasteiger partial charge in [-0.15, -0.1) is 0 Å². The molecule has 14 heavy (non-hydrogen) atoms. The van der Waals surface area contributed by atoms with Crippen molar-refractivity contribution < 1.29 is 4.74 Å². The van der Waals surface area contributed by atoms with Crippen LogP contribution in [0.25, 0.3) is 0 Å². The van der Waals surface area contributed by atoms with E-state index in [-0.39, 0.29) is 0 Å². The smallest absolute Gasteiger partial charge is 0.0549 e. The summed E-state index contributed by atoms with van der Waals surface area (Å²) >= 11 is 0. The van der Waals surface area contributed by atoms with Crippen LogP contribution in [0.4, 0.5) is 0 Å². The van der Waals surface area contributed by atoms with Gasteiger partial charge in [-0.1, -0.05) is 13.8 Å². The molecule has 2 heteroatoms. The van der Waals surface area contributed by atoms with E-state index in [1.54, 1.807) is 0 Å². The average Bonchev–Trinajstić information content (AvgIpc) is 2.01. The molecule has 2 unspecified atom stereocenters. The minimum Gasteiger partial charge on any atom is -0.379 e. The Morgan fingerprint density at radius 1 is 1.07 bits per heavy atom. The minimum absolute atomic E-state index is 0.336. The zero-order valence-electron chi connectivity index (χ0n) is 10.3. The molecule has 0 saturated carbocycles. The molecule has 0 radical (unpaired) electrons. The maximum absolute atomic E-state index is 5.69. The molecular weight excluding hydrogens is 174 g/mol. The molecule has 0 heterocycles. The van der Waals surface area contributed by atoms with Crippen molar-refractivity contribution in [3.63, 3.8) is 0 Å². The molecule has 2 N–H and O–H groups in total. The molecule has 0 aliphatic carbocycles. The van der Waals surface area contributed by atoms with Crippen LogP contribution in [0, 0.1) is 5.92 Å². The quantitative estimate of drug-likeness (QED) is 0.613. The van der Waals surface area contributed by atoms with Gasteiger partial charge in [0.1, 0.15) is 0 Å². The lowest BCUT2D eigenvalue weighted by Crippen LogP contribution is -2.15. The summed E-state index contributed by atoms with van der Waals surface area (Å²) in [4.78, 5) is 0. The highest BCUT2D eigenvalue weighted by molar-refractivity contribution is 4.55. The van der Waals surface area contributed by atoms with Crippen molar-refractivity contribution in [3.05, 3.63) is 0 Å². The van der Waals surface area contributed by atoms with Crippen LogP contribution in [0.3, 0.4) is 0 Å². The Kier molecular flexibility index (Phi) is 8.20. The molecule has 0 aromatic carbocycles. The first-order valence-corrected chi connectivity index (χ1v) is 5.89. The van der Waals surface area contributed by atoms with E-state index in [9.17, 15) is 0 Å². The number of unbranched alkanes of at least 4 members (excludes halogenated alkanes) is 1. The van der Waals surface area contributed by atoms with Crippen molar-refractivity contribution in [2.75, 3.05) is 6.61 Å². The van der Waals surface area contributed by atoms with Crippen molar-refractivity contribution in [2.45, 2.75) is 65.5 Å². The summed E-state index contributed by atoms with van der Waals surface area (Å²) in [5.41, 5.74) is 5.66. The molecule has 0 bridgehead atoms. The van der Waals surface area contributed by atoms with Crippen molar-refractivity contribution in [2.24, 2.45) is 11.7 Å². The molecule has 0 amide bonds. The van der Waals surface area contributed by atoms with E-state index in [2.05, 4.69) is 27.7 Å². The zero-order chi connectivity index (χ0) is 11.0. The summed E-state index contributed by atoms with van der Waals surface area (Å²) in [5, 5.41) is 0. The van der Waals surface area contributed by atoms with Crippen LogP contribution in [-0.2, 0) is 4.74 Å². The first-order valence-electron chi connectivity index (χ1n) is 5.89. The fourth-order valence-electron chi connectivity index (χ4n) is 1.58. The Balaban J connectivity index is 3.19. The third kappa shape index (κ3) is 10.0. The largest absolute Gasteiger partial charge is 0.379 e. The molecule has 0 aromatic rings. The second-order valence-corrected chi connectivity index (χ2v) is 4.78. The Labute approximate surface area is 89.2 Å². The van der Waals surface area contributed by atoms with E-state index in [1.807, 2.05) is 0 Å². The van der Waals surface area contributed by atoms with Gasteiger partial charge in [-0.05, 0) is 45.4 Å². The SMILES string of the molecule is CC(C)CC(C)OCCCCC(C)N. The summed E-state index contributed by atoms with van der Waals surface area (Å²) in [7, 11) is 0.